The molecule has 0 saturated carbocycles. The minimum atomic E-state index is 0.697. The van der Waals surface area contributed by atoms with E-state index in [1.54, 1.807) is 0 Å². The van der Waals surface area contributed by atoms with Gasteiger partial charge in [-0.15, -0.1) is 0 Å². The van der Waals surface area contributed by atoms with Gasteiger partial charge in [-0.2, -0.15) is 5.26 Å². The summed E-state index contributed by atoms with van der Waals surface area (Å²) in [5.74, 6) is 0. The molecular weight excluding hydrogens is 274 g/mol. The van der Waals surface area contributed by atoms with Gasteiger partial charge in [0.1, 0.15) is 0 Å². The summed E-state index contributed by atoms with van der Waals surface area (Å²) in [6, 6.07) is 16.3. The van der Waals surface area contributed by atoms with E-state index in [1.807, 2.05) is 24.3 Å². The maximum Gasteiger partial charge on any atom is 0.0992 e. The van der Waals surface area contributed by atoms with Crippen molar-refractivity contribution < 1.29 is 0 Å². The van der Waals surface area contributed by atoms with E-state index < -0.39 is 0 Å². The normalized spacial score (nSPS) is 9.94. The van der Waals surface area contributed by atoms with E-state index in [2.05, 4.69) is 47.1 Å². The summed E-state index contributed by atoms with van der Waals surface area (Å²) in [5.41, 5.74) is 4.44. The maximum atomic E-state index is 8.94. The molecule has 0 amide bonds. The summed E-state index contributed by atoms with van der Waals surface area (Å²) < 4.78 is 0.958. The summed E-state index contributed by atoms with van der Waals surface area (Å²) in [5, 5.41) is 8.94. The van der Waals surface area contributed by atoms with Crippen LogP contribution in [-0.2, 0) is 6.42 Å². The van der Waals surface area contributed by atoms with Crippen LogP contribution in [0, 0.1) is 18.3 Å². The highest BCUT2D eigenvalue weighted by Crippen LogP contribution is 2.19. The van der Waals surface area contributed by atoms with Gasteiger partial charge in [-0.3, -0.25) is 0 Å². The van der Waals surface area contributed by atoms with Gasteiger partial charge in [0, 0.05) is 4.47 Å². The standard InChI is InChI=1S/C15H12BrN/c1-11-4-2-3-5-14(11)7-12-6-13(10-17)9-15(16)8-12/h2-6,8-9H,7H2,1H3. The predicted molar refractivity (Wildman–Crippen MR) is 72.8 cm³/mol. The molecule has 17 heavy (non-hydrogen) atoms. The van der Waals surface area contributed by atoms with Gasteiger partial charge in [-0.25, -0.2) is 0 Å². The van der Waals surface area contributed by atoms with Crippen molar-refractivity contribution in [3.05, 3.63) is 69.2 Å². The number of benzene rings is 2. The first-order valence-corrected chi connectivity index (χ1v) is 6.22. The van der Waals surface area contributed by atoms with E-state index in [0.29, 0.717) is 5.56 Å². The number of hydrogen-bond acceptors (Lipinski definition) is 1. The Morgan fingerprint density at radius 3 is 2.65 bits per heavy atom. The fourth-order valence-electron chi connectivity index (χ4n) is 1.85. The summed E-state index contributed by atoms with van der Waals surface area (Å²) in [6.07, 6.45) is 0.862. The molecule has 0 atom stereocenters. The van der Waals surface area contributed by atoms with Gasteiger partial charge in [0.25, 0.3) is 0 Å². The predicted octanol–water partition coefficient (Wildman–Crippen LogP) is 4.22. The Morgan fingerprint density at radius 2 is 1.94 bits per heavy atom. The van der Waals surface area contributed by atoms with E-state index in [4.69, 9.17) is 5.26 Å². The van der Waals surface area contributed by atoms with Crippen molar-refractivity contribution in [1.29, 1.82) is 5.26 Å². The minimum Gasteiger partial charge on any atom is -0.192 e. The minimum absolute atomic E-state index is 0.697. The van der Waals surface area contributed by atoms with Gasteiger partial charge in [-0.1, -0.05) is 40.2 Å². The Hall–Kier alpha value is -1.59. The Balaban J connectivity index is 2.34. The SMILES string of the molecule is Cc1ccccc1Cc1cc(Br)cc(C#N)c1. The molecule has 0 spiro atoms. The van der Waals surface area contributed by atoms with Crippen molar-refractivity contribution in [3.63, 3.8) is 0 Å². The van der Waals surface area contributed by atoms with E-state index in [1.165, 1.54) is 11.1 Å². The van der Waals surface area contributed by atoms with Gasteiger partial charge >= 0.3 is 0 Å². The van der Waals surface area contributed by atoms with Crippen LogP contribution in [0.15, 0.2) is 46.9 Å². The van der Waals surface area contributed by atoms with Crippen LogP contribution in [0.5, 0.6) is 0 Å². The number of nitriles is 1. The lowest BCUT2D eigenvalue weighted by Crippen LogP contribution is -1.92. The first-order valence-electron chi connectivity index (χ1n) is 5.43. The van der Waals surface area contributed by atoms with Crippen molar-refractivity contribution in [2.75, 3.05) is 0 Å². The summed E-state index contributed by atoms with van der Waals surface area (Å²) in [6.45, 7) is 2.11. The second-order valence-corrected chi connectivity index (χ2v) is 4.98. The first-order chi connectivity index (χ1) is 8.19. The Bertz CT molecular complexity index is 582. The third kappa shape index (κ3) is 2.95. The van der Waals surface area contributed by atoms with Crippen LogP contribution < -0.4 is 0 Å². The highest BCUT2D eigenvalue weighted by molar-refractivity contribution is 9.10. The third-order valence-corrected chi connectivity index (χ3v) is 3.20. The average molecular weight is 286 g/mol. The molecule has 2 rings (SSSR count). The fourth-order valence-corrected chi connectivity index (χ4v) is 2.39. The molecule has 0 bridgehead atoms. The topological polar surface area (TPSA) is 23.8 Å². The van der Waals surface area contributed by atoms with Gasteiger partial charge in [0.2, 0.25) is 0 Å². The summed E-state index contributed by atoms with van der Waals surface area (Å²) in [4.78, 5) is 0. The lowest BCUT2D eigenvalue weighted by molar-refractivity contribution is 1.15. The molecule has 2 heteroatoms. The second-order valence-electron chi connectivity index (χ2n) is 4.06. The van der Waals surface area contributed by atoms with Gasteiger partial charge in [-0.05, 0) is 48.2 Å². The first kappa shape index (κ1) is 11.9. The Morgan fingerprint density at radius 1 is 1.18 bits per heavy atom. The van der Waals surface area contributed by atoms with Crippen LogP contribution in [0.3, 0.4) is 0 Å². The number of halogens is 1. The van der Waals surface area contributed by atoms with Gasteiger partial charge in [0.05, 0.1) is 11.6 Å². The molecule has 2 aromatic rings. The van der Waals surface area contributed by atoms with Gasteiger partial charge in [0.15, 0.2) is 0 Å². The molecule has 0 unspecified atom stereocenters. The summed E-state index contributed by atoms with van der Waals surface area (Å²) in [7, 11) is 0. The molecule has 0 fully saturated rings. The zero-order valence-corrected chi connectivity index (χ0v) is 11.2. The monoisotopic (exact) mass is 285 g/mol. The van der Waals surface area contributed by atoms with Crippen LogP contribution in [0.2, 0.25) is 0 Å². The maximum absolute atomic E-state index is 8.94. The largest absolute Gasteiger partial charge is 0.192 e. The average Bonchev–Trinajstić information content (AvgIpc) is 2.31. The zero-order chi connectivity index (χ0) is 12.3. The highest BCUT2D eigenvalue weighted by Gasteiger charge is 2.02. The molecule has 84 valence electrons. The molecule has 0 aromatic heterocycles. The van der Waals surface area contributed by atoms with Crippen LogP contribution >= 0.6 is 15.9 Å². The molecule has 0 saturated heterocycles. The highest BCUT2D eigenvalue weighted by atomic mass is 79.9. The van der Waals surface area contributed by atoms with Crippen LogP contribution in [0.4, 0.5) is 0 Å². The number of rotatable bonds is 2. The molecule has 0 radical (unpaired) electrons. The molecule has 0 N–H and O–H groups in total. The lowest BCUT2D eigenvalue weighted by Gasteiger charge is -2.06. The van der Waals surface area contributed by atoms with Crippen molar-refractivity contribution in [2.24, 2.45) is 0 Å². The van der Waals surface area contributed by atoms with Crippen molar-refractivity contribution in [2.45, 2.75) is 13.3 Å². The molecule has 0 aliphatic heterocycles. The van der Waals surface area contributed by atoms with Crippen LogP contribution in [0.1, 0.15) is 22.3 Å². The second kappa shape index (κ2) is 5.16. The lowest BCUT2D eigenvalue weighted by atomic mass is 9.99. The van der Waals surface area contributed by atoms with Crippen molar-refractivity contribution in [3.8, 4) is 6.07 Å². The summed E-state index contributed by atoms with van der Waals surface area (Å²) >= 11 is 3.43. The Kier molecular flexibility index (Phi) is 3.61. The van der Waals surface area contributed by atoms with E-state index >= 15 is 0 Å². The van der Waals surface area contributed by atoms with E-state index in [0.717, 1.165) is 16.5 Å². The molecular formula is C15H12BrN. The number of hydrogen-bond donors (Lipinski definition) is 0. The third-order valence-electron chi connectivity index (χ3n) is 2.74. The van der Waals surface area contributed by atoms with Crippen LogP contribution in [0.25, 0.3) is 0 Å². The van der Waals surface area contributed by atoms with Crippen molar-refractivity contribution >= 4 is 15.9 Å². The Labute approximate surface area is 110 Å². The molecule has 0 aliphatic rings. The molecule has 0 aliphatic carbocycles. The number of nitrogens with zero attached hydrogens (tertiary/aromatic N) is 1. The fraction of sp³-hybridized carbons (Fsp3) is 0.133. The molecule has 0 heterocycles. The van der Waals surface area contributed by atoms with E-state index in [-0.39, 0.29) is 0 Å². The number of aryl methyl sites for hydroxylation is 1. The van der Waals surface area contributed by atoms with E-state index in [9.17, 15) is 0 Å². The zero-order valence-electron chi connectivity index (χ0n) is 9.57. The molecule has 1 nitrogen and oxygen atoms in total. The van der Waals surface area contributed by atoms with Crippen molar-refractivity contribution in [1.82, 2.24) is 0 Å². The quantitative estimate of drug-likeness (QED) is 0.810. The molecule has 2 aromatic carbocycles. The van der Waals surface area contributed by atoms with Gasteiger partial charge < -0.3 is 0 Å². The smallest absolute Gasteiger partial charge is 0.0992 e. The van der Waals surface area contributed by atoms with Crippen LogP contribution in [-0.4, -0.2) is 0 Å².